The first-order valence-corrected chi connectivity index (χ1v) is 10.6. The Bertz CT molecular complexity index is 920. The minimum Gasteiger partial charge on any atom is -0.337 e. The van der Waals surface area contributed by atoms with Crippen LogP contribution in [-0.4, -0.2) is 62.3 Å². The molecule has 0 bridgehead atoms. The van der Waals surface area contributed by atoms with E-state index in [0.29, 0.717) is 13.1 Å². The van der Waals surface area contributed by atoms with E-state index in [1.54, 1.807) is 24.4 Å². The van der Waals surface area contributed by atoms with Gasteiger partial charge in [-0.05, 0) is 43.0 Å². The lowest BCUT2D eigenvalue weighted by Crippen LogP contribution is -2.47. The fourth-order valence-corrected chi connectivity index (χ4v) is 3.73. The summed E-state index contributed by atoms with van der Waals surface area (Å²) < 4.78 is 25.7. The zero-order chi connectivity index (χ0) is 20.0. The number of carbonyl (C=O) groups is 1. The summed E-state index contributed by atoms with van der Waals surface area (Å²) in [6.07, 6.45) is 5.04. The summed E-state index contributed by atoms with van der Waals surface area (Å²) in [5, 5.41) is 0. The number of hydrogen-bond donors (Lipinski definition) is 1. The summed E-state index contributed by atoms with van der Waals surface area (Å²) in [5.74, 6) is -0.0376. The lowest BCUT2D eigenvalue weighted by molar-refractivity contribution is -0.127. The number of amides is 1. The molecule has 7 nitrogen and oxygen atoms in total. The normalized spacial score (nSPS) is 15.8. The Hall–Kier alpha value is -2.55. The molecule has 3 rings (SSSR count). The molecule has 1 aromatic heterocycles. The molecule has 0 aliphatic carbocycles. The number of pyridine rings is 1. The maximum Gasteiger partial charge on any atom is 0.246 e. The number of rotatable bonds is 6. The fraction of sp³-hybridized carbons (Fsp3) is 0.300. The molecule has 1 saturated heterocycles. The van der Waals surface area contributed by atoms with E-state index in [2.05, 4.69) is 14.6 Å². The van der Waals surface area contributed by atoms with Gasteiger partial charge in [0.15, 0.2) is 0 Å². The molecule has 1 aliphatic heterocycles. The Labute approximate surface area is 165 Å². The summed E-state index contributed by atoms with van der Waals surface area (Å²) in [4.78, 5) is 21.1. The van der Waals surface area contributed by atoms with Crippen LogP contribution in [-0.2, 0) is 21.4 Å². The molecule has 0 unspecified atom stereocenters. The third-order valence-corrected chi connectivity index (χ3v) is 6.10. The quantitative estimate of drug-likeness (QED) is 0.740. The molecule has 0 radical (unpaired) electrons. The van der Waals surface area contributed by atoms with Crippen molar-refractivity contribution in [2.45, 2.75) is 11.4 Å². The second-order valence-corrected chi connectivity index (χ2v) is 8.42. The van der Waals surface area contributed by atoms with Gasteiger partial charge in [0.05, 0.1) is 10.6 Å². The lowest BCUT2D eigenvalue weighted by atomic mass is 10.2. The molecule has 1 amide bonds. The number of sulfonamides is 1. The van der Waals surface area contributed by atoms with E-state index in [0.717, 1.165) is 30.9 Å². The van der Waals surface area contributed by atoms with Crippen LogP contribution in [0.4, 0.5) is 0 Å². The minimum absolute atomic E-state index is 0.0376. The van der Waals surface area contributed by atoms with Crippen LogP contribution in [0.25, 0.3) is 6.08 Å². The van der Waals surface area contributed by atoms with Crippen LogP contribution >= 0.6 is 0 Å². The van der Waals surface area contributed by atoms with Gasteiger partial charge in [-0.15, -0.1) is 0 Å². The van der Waals surface area contributed by atoms with E-state index in [1.165, 1.54) is 25.3 Å². The zero-order valence-electron chi connectivity index (χ0n) is 15.8. The first-order chi connectivity index (χ1) is 13.5. The molecule has 0 saturated carbocycles. The Morgan fingerprint density at radius 2 is 1.82 bits per heavy atom. The van der Waals surface area contributed by atoms with Gasteiger partial charge in [-0.25, -0.2) is 13.1 Å². The van der Waals surface area contributed by atoms with Crippen molar-refractivity contribution < 1.29 is 13.2 Å². The molecule has 28 heavy (non-hydrogen) atoms. The second kappa shape index (κ2) is 9.09. The van der Waals surface area contributed by atoms with Crippen LogP contribution in [0.5, 0.6) is 0 Å². The van der Waals surface area contributed by atoms with E-state index in [-0.39, 0.29) is 10.8 Å². The average Bonchev–Trinajstić information content (AvgIpc) is 2.73. The Morgan fingerprint density at radius 3 is 2.43 bits per heavy atom. The third-order valence-electron chi connectivity index (χ3n) is 4.67. The first kappa shape index (κ1) is 20.2. The van der Waals surface area contributed by atoms with Crippen molar-refractivity contribution >= 4 is 22.0 Å². The van der Waals surface area contributed by atoms with Gasteiger partial charge in [-0.2, -0.15) is 0 Å². The molecule has 2 aromatic rings. The fourth-order valence-electron chi connectivity index (χ4n) is 3.00. The van der Waals surface area contributed by atoms with Gasteiger partial charge in [0, 0.05) is 45.0 Å². The van der Waals surface area contributed by atoms with Crippen molar-refractivity contribution in [1.82, 2.24) is 19.5 Å². The summed E-state index contributed by atoms with van der Waals surface area (Å²) in [7, 11) is -2.08. The molecule has 148 valence electrons. The molecule has 2 heterocycles. The number of aromatic nitrogens is 1. The van der Waals surface area contributed by atoms with Gasteiger partial charge < -0.3 is 4.90 Å². The summed E-state index contributed by atoms with van der Waals surface area (Å²) in [5.41, 5.74) is 1.81. The van der Waals surface area contributed by atoms with Gasteiger partial charge in [-0.3, -0.25) is 14.7 Å². The van der Waals surface area contributed by atoms with Crippen LogP contribution in [0.15, 0.2) is 59.6 Å². The van der Waals surface area contributed by atoms with Gasteiger partial charge in [-0.1, -0.05) is 18.2 Å². The monoisotopic (exact) mass is 400 g/mol. The maximum absolute atomic E-state index is 12.4. The van der Waals surface area contributed by atoms with Gasteiger partial charge >= 0.3 is 0 Å². The lowest BCUT2D eigenvalue weighted by Gasteiger charge is -2.34. The smallest absolute Gasteiger partial charge is 0.246 e. The molecule has 1 N–H and O–H groups in total. The van der Waals surface area contributed by atoms with E-state index >= 15 is 0 Å². The standard InChI is InChI=1S/C20H24N4O3S/c1-21-28(26,27)19-8-5-17(6-9-19)7-10-20(25)24-14-12-23(13-15-24)16-18-4-2-3-11-22-18/h2-11,21H,12-16H2,1H3/b10-7+. The average molecular weight is 401 g/mol. The van der Waals surface area contributed by atoms with Gasteiger partial charge in [0.2, 0.25) is 15.9 Å². The SMILES string of the molecule is CNS(=O)(=O)c1ccc(/C=C/C(=O)N2CCN(Cc3ccccn3)CC2)cc1. The van der Waals surface area contributed by atoms with Gasteiger partial charge in [0.25, 0.3) is 0 Å². The number of nitrogens with one attached hydrogen (secondary N) is 1. The summed E-state index contributed by atoms with van der Waals surface area (Å²) in [6.45, 7) is 3.77. The molecule has 8 heteroatoms. The van der Waals surface area contributed by atoms with E-state index in [9.17, 15) is 13.2 Å². The molecule has 1 fully saturated rings. The highest BCUT2D eigenvalue weighted by Crippen LogP contribution is 2.12. The molecule has 1 aromatic carbocycles. The Morgan fingerprint density at radius 1 is 1.11 bits per heavy atom. The molecular weight excluding hydrogens is 376 g/mol. The first-order valence-electron chi connectivity index (χ1n) is 9.11. The van der Waals surface area contributed by atoms with Gasteiger partial charge in [0.1, 0.15) is 0 Å². The van der Waals surface area contributed by atoms with Crippen molar-refractivity contribution in [3.05, 3.63) is 66.0 Å². The second-order valence-electron chi connectivity index (χ2n) is 6.53. The number of nitrogens with zero attached hydrogens (tertiary/aromatic N) is 3. The number of benzene rings is 1. The highest BCUT2D eigenvalue weighted by Gasteiger charge is 2.19. The highest BCUT2D eigenvalue weighted by atomic mass is 32.2. The summed E-state index contributed by atoms with van der Waals surface area (Å²) in [6, 6.07) is 12.3. The minimum atomic E-state index is -3.45. The third kappa shape index (κ3) is 5.25. The van der Waals surface area contributed by atoms with Crippen LogP contribution in [0, 0.1) is 0 Å². The predicted molar refractivity (Wildman–Crippen MR) is 108 cm³/mol. The van der Waals surface area contributed by atoms with E-state index < -0.39 is 10.0 Å². The molecular formula is C20H24N4O3S. The number of hydrogen-bond acceptors (Lipinski definition) is 5. The Kier molecular flexibility index (Phi) is 6.56. The van der Waals surface area contributed by atoms with E-state index in [1.807, 2.05) is 23.1 Å². The summed E-state index contributed by atoms with van der Waals surface area (Å²) >= 11 is 0. The van der Waals surface area contributed by atoms with Crippen LogP contribution in [0.3, 0.4) is 0 Å². The van der Waals surface area contributed by atoms with Crippen molar-refractivity contribution in [2.75, 3.05) is 33.2 Å². The highest BCUT2D eigenvalue weighted by molar-refractivity contribution is 7.89. The number of piperazine rings is 1. The molecule has 1 aliphatic rings. The Balaban J connectivity index is 1.51. The van der Waals surface area contributed by atoms with Crippen LogP contribution < -0.4 is 4.72 Å². The van der Waals surface area contributed by atoms with Crippen LogP contribution in [0.1, 0.15) is 11.3 Å². The zero-order valence-corrected chi connectivity index (χ0v) is 16.6. The van der Waals surface area contributed by atoms with Crippen molar-refractivity contribution in [3.8, 4) is 0 Å². The van der Waals surface area contributed by atoms with Crippen molar-refractivity contribution in [3.63, 3.8) is 0 Å². The molecule has 0 atom stereocenters. The molecule has 0 spiro atoms. The largest absolute Gasteiger partial charge is 0.337 e. The van der Waals surface area contributed by atoms with E-state index in [4.69, 9.17) is 0 Å². The van der Waals surface area contributed by atoms with Crippen molar-refractivity contribution in [2.24, 2.45) is 0 Å². The maximum atomic E-state index is 12.4. The van der Waals surface area contributed by atoms with Crippen molar-refractivity contribution in [1.29, 1.82) is 0 Å². The number of carbonyl (C=O) groups excluding carboxylic acids is 1. The van der Waals surface area contributed by atoms with Crippen LogP contribution in [0.2, 0.25) is 0 Å². The predicted octanol–water partition coefficient (Wildman–Crippen LogP) is 1.35. The topological polar surface area (TPSA) is 82.6 Å².